The number of nitrogens with one attached hydrogen (secondary N) is 1. The summed E-state index contributed by atoms with van der Waals surface area (Å²) in [7, 11) is 1.46. The van der Waals surface area contributed by atoms with Gasteiger partial charge in [-0.15, -0.1) is 0 Å². The molecule has 2 aliphatic rings. The molecule has 2 aromatic carbocycles. The molecule has 1 N–H and O–H groups in total. The largest absolute Gasteiger partial charge is 0.495 e. The van der Waals surface area contributed by atoms with Crippen LogP contribution in [0.4, 0.5) is 11.4 Å². The first-order valence-electron chi connectivity index (χ1n) is 11.1. The predicted octanol–water partition coefficient (Wildman–Crippen LogP) is 4.07. The number of ether oxygens (including phenoxy) is 2. The first-order valence-corrected chi connectivity index (χ1v) is 11.4. The van der Waals surface area contributed by atoms with E-state index in [9.17, 15) is 19.2 Å². The topological polar surface area (TPSA) is 102 Å². The van der Waals surface area contributed by atoms with E-state index in [1.54, 1.807) is 24.3 Å². The molecule has 0 radical (unpaired) electrons. The molecular formula is C25H25ClN2O6. The van der Waals surface area contributed by atoms with Gasteiger partial charge in [0.2, 0.25) is 11.8 Å². The molecule has 8 nitrogen and oxygen atoms in total. The summed E-state index contributed by atoms with van der Waals surface area (Å²) in [5, 5.41) is 3.00. The lowest BCUT2D eigenvalue weighted by Gasteiger charge is -2.25. The van der Waals surface area contributed by atoms with Gasteiger partial charge in [0.05, 0.1) is 35.9 Å². The van der Waals surface area contributed by atoms with Crippen molar-refractivity contribution in [1.29, 1.82) is 0 Å². The average molecular weight is 485 g/mol. The van der Waals surface area contributed by atoms with Crippen LogP contribution >= 0.6 is 11.6 Å². The molecule has 3 amide bonds. The molecule has 0 aromatic heterocycles. The van der Waals surface area contributed by atoms with Crippen molar-refractivity contribution in [3.63, 3.8) is 0 Å². The highest BCUT2D eigenvalue weighted by atomic mass is 35.5. The zero-order chi connectivity index (χ0) is 24.4. The van der Waals surface area contributed by atoms with Crippen LogP contribution in [0.5, 0.6) is 5.75 Å². The molecule has 0 spiro atoms. The third-order valence-corrected chi connectivity index (χ3v) is 6.55. The summed E-state index contributed by atoms with van der Waals surface area (Å²) in [5.41, 5.74) is 0.983. The summed E-state index contributed by atoms with van der Waals surface area (Å²) in [6.45, 7) is 1.59. The number of carbonyl (C=O) groups is 4. The smallest absolute Gasteiger partial charge is 0.338 e. The second-order valence-electron chi connectivity index (χ2n) is 8.66. The molecule has 1 aliphatic carbocycles. The van der Waals surface area contributed by atoms with Gasteiger partial charge in [0, 0.05) is 5.02 Å². The molecule has 178 valence electrons. The van der Waals surface area contributed by atoms with E-state index < -0.39 is 18.5 Å². The molecule has 1 aliphatic heterocycles. The molecule has 34 heavy (non-hydrogen) atoms. The summed E-state index contributed by atoms with van der Waals surface area (Å²) in [4.78, 5) is 51.5. The van der Waals surface area contributed by atoms with Gasteiger partial charge in [-0.1, -0.05) is 18.5 Å². The molecule has 9 heteroatoms. The Morgan fingerprint density at radius 1 is 1.06 bits per heavy atom. The minimum Gasteiger partial charge on any atom is -0.495 e. The minimum atomic E-state index is -0.707. The molecular weight excluding hydrogens is 460 g/mol. The van der Waals surface area contributed by atoms with Crippen LogP contribution in [-0.2, 0) is 19.1 Å². The summed E-state index contributed by atoms with van der Waals surface area (Å²) < 4.78 is 10.3. The van der Waals surface area contributed by atoms with Crippen LogP contribution in [0, 0.1) is 17.8 Å². The van der Waals surface area contributed by atoms with Gasteiger partial charge in [0.1, 0.15) is 5.75 Å². The van der Waals surface area contributed by atoms with Crippen LogP contribution in [0.15, 0.2) is 42.5 Å². The molecule has 1 heterocycles. The second-order valence-corrected chi connectivity index (χ2v) is 9.10. The summed E-state index contributed by atoms with van der Waals surface area (Å²) in [6, 6.07) is 10.8. The molecule has 2 aromatic rings. The number of esters is 1. The van der Waals surface area contributed by atoms with Gasteiger partial charge in [-0.05, 0) is 67.6 Å². The number of anilines is 2. The highest BCUT2D eigenvalue weighted by Crippen LogP contribution is 2.42. The monoisotopic (exact) mass is 484 g/mol. The van der Waals surface area contributed by atoms with Crippen LogP contribution in [0.2, 0.25) is 5.02 Å². The molecule has 0 unspecified atom stereocenters. The lowest BCUT2D eigenvalue weighted by atomic mass is 9.76. The Morgan fingerprint density at radius 3 is 2.47 bits per heavy atom. The fourth-order valence-electron chi connectivity index (χ4n) is 4.57. The third-order valence-electron chi connectivity index (χ3n) is 6.32. The minimum absolute atomic E-state index is 0.176. The molecule has 3 atom stereocenters. The number of nitrogens with zero attached hydrogens (tertiary/aromatic N) is 1. The van der Waals surface area contributed by atoms with E-state index in [-0.39, 0.29) is 29.2 Å². The van der Waals surface area contributed by atoms with Gasteiger partial charge in [0.15, 0.2) is 6.61 Å². The van der Waals surface area contributed by atoms with E-state index in [4.69, 9.17) is 21.1 Å². The maximum Gasteiger partial charge on any atom is 0.338 e. The Bertz CT molecular complexity index is 1130. The van der Waals surface area contributed by atoms with E-state index in [0.29, 0.717) is 28.1 Å². The van der Waals surface area contributed by atoms with Gasteiger partial charge in [-0.2, -0.15) is 0 Å². The van der Waals surface area contributed by atoms with E-state index in [1.807, 2.05) is 0 Å². The SMILES string of the molecule is COc1ccc(Cl)cc1NC(=O)COC(=O)c1ccc(N2C(=O)[C@H]3C[C@@H](C)CC[C@H]3C2=O)cc1. The zero-order valence-electron chi connectivity index (χ0n) is 18.9. The van der Waals surface area contributed by atoms with E-state index in [2.05, 4.69) is 12.2 Å². The molecule has 4 rings (SSSR count). The predicted molar refractivity (Wildman–Crippen MR) is 126 cm³/mol. The maximum atomic E-state index is 12.9. The van der Waals surface area contributed by atoms with Crippen LogP contribution < -0.4 is 15.0 Å². The quantitative estimate of drug-likeness (QED) is 0.490. The number of benzene rings is 2. The Balaban J connectivity index is 1.36. The fraction of sp³-hybridized carbons (Fsp3) is 0.360. The average Bonchev–Trinajstić information content (AvgIpc) is 3.07. The first kappa shape index (κ1) is 23.8. The number of rotatable bonds is 6. The van der Waals surface area contributed by atoms with Crippen molar-refractivity contribution in [3.05, 3.63) is 53.1 Å². The summed E-state index contributed by atoms with van der Waals surface area (Å²) in [5.74, 6) is -1.30. The maximum absolute atomic E-state index is 12.9. The number of hydrogen-bond donors (Lipinski definition) is 1. The Kier molecular flexibility index (Phi) is 6.88. The van der Waals surface area contributed by atoms with Gasteiger partial charge in [-0.3, -0.25) is 19.3 Å². The normalized spacial score (nSPS) is 21.7. The number of halogens is 1. The molecule has 2 fully saturated rings. The van der Waals surface area contributed by atoms with Gasteiger partial charge in [-0.25, -0.2) is 4.79 Å². The second kappa shape index (κ2) is 9.85. The highest BCUT2D eigenvalue weighted by molar-refractivity contribution is 6.31. The van der Waals surface area contributed by atoms with E-state index in [0.717, 1.165) is 19.3 Å². The van der Waals surface area contributed by atoms with Crippen molar-refractivity contribution in [2.24, 2.45) is 17.8 Å². The van der Waals surface area contributed by atoms with Crippen LogP contribution in [0.3, 0.4) is 0 Å². The summed E-state index contributed by atoms with van der Waals surface area (Å²) >= 11 is 5.95. The fourth-order valence-corrected chi connectivity index (χ4v) is 4.74. The Morgan fingerprint density at radius 2 is 1.76 bits per heavy atom. The lowest BCUT2D eigenvalue weighted by molar-refractivity contribution is -0.122. The number of hydrogen-bond acceptors (Lipinski definition) is 6. The standard InChI is InChI=1S/C25H25ClN2O6/c1-14-3-9-18-19(11-14)24(31)28(23(18)30)17-7-4-15(5-8-17)25(32)34-13-22(29)27-20-12-16(26)6-10-21(20)33-2/h4-8,10,12,14,18-19H,3,9,11,13H2,1-2H3,(H,27,29)/t14-,18+,19-/m0/s1. The summed E-state index contributed by atoms with van der Waals surface area (Å²) in [6.07, 6.45) is 2.39. The van der Waals surface area contributed by atoms with Crippen molar-refractivity contribution >= 4 is 46.7 Å². The van der Waals surface area contributed by atoms with E-state index >= 15 is 0 Å². The highest BCUT2D eigenvalue weighted by Gasteiger charge is 2.49. The van der Waals surface area contributed by atoms with E-state index in [1.165, 1.54) is 30.2 Å². The molecule has 1 saturated carbocycles. The van der Waals surface area contributed by atoms with Gasteiger partial charge < -0.3 is 14.8 Å². The number of carbonyl (C=O) groups excluding carboxylic acids is 4. The molecule has 1 saturated heterocycles. The van der Waals surface area contributed by atoms with Crippen molar-refractivity contribution in [1.82, 2.24) is 0 Å². The third kappa shape index (κ3) is 4.77. The first-order chi connectivity index (χ1) is 16.3. The van der Waals surface area contributed by atoms with Gasteiger partial charge in [0.25, 0.3) is 5.91 Å². The van der Waals surface area contributed by atoms with Crippen LogP contribution in [0.1, 0.15) is 36.5 Å². The number of amides is 3. The van der Waals surface area contributed by atoms with Gasteiger partial charge >= 0.3 is 5.97 Å². The number of methoxy groups -OCH3 is 1. The number of fused-ring (bicyclic) bond motifs is 1. The molecule has 0 bridgehead atoms. The lowest BCUT2D eigenvalue weighted by Crippen LogP contribution is -2.30. The van der Waals surface area contributed by atoms with Crippen molar-refractivity contribution in [3.8, 4) is 5.75 Å². The Hall–Kier alpha value is -3.39. The van der Waals surface area contributed by atoms with Crippen molar-refractivity contribution in [2.45, 2.75) is 26.2 Å². The van der Waals surface area contributed by atoms with Crippen molar-refractivity contribution in [2.75, 3.05) is 23.9 Å². The Labute approximate surface area is 202 Å². The van der Waals surface area contributed by atoms with Crippen LogP contribution in [0.25, 0.3) is 0 Å². The zero-order valence-corrected chi connectivity index (χ0v) is 19.6. The van der Waals surface area contributed by atoms with Crippen LogP contribution in [-0.4, -0.2) is 37.4 Å². The number of imide groups is 1. The van der Waals surface area contributed by atoms with Crippen molar-refractivity contribution < 1.29 is 28.7 Å².